The highest BCUT2D eigenvalue weighted by molar-refractivity contribution is 6.32. The number of hydrogen-bond acceptors (Lipinski definition) is 2. The molecule has 15 heavy (non-hydrogen) atoms. The van der Waals surface area contributed by atoms with Crippen LogP contribution in [0.15, 0.2) is 12.3 Å². The van der Waals surface area contributed by atoms with Crippen LogP contribution in [0, 0.1) is 0 Å². The van der Waals surface area contributed by atoms with Gasteiger partial charge in [-0.1, -0.05) is 11.6 Å². The van der Waals surface area contributed by atoms with Gasteiger partial charge in [-0.15, -0.1) is 0 Å². The van der Waals surface area contributed by atoms with Gasteiger partial charge in [-0.05, 0) is 11.6 Å². The summed E-state index contributed by atoms with van der Waals surface area (Å²) in [4.78, 5) is 13.4. The molecule has 1 N–H and O–H groups in total. The minimum atomic E-state index is -4.68. The summed E-state index contributed by atoms with van der Waals surface area (Å²) in [5.41, 5.74) is -1.37. The quantitative estimate of drug-likeness (QED) is 0.862. The number of nitrogens with zero attached hydrogens (tertiary/aromatic N) is 1. The molecule has 1 rings (SSSR count). The lowest BCUT2D eigenvalue weighted by Gasteiger charge is -2.09. The fourth-order valence-corrected chi connectivity index (χ4v) is 1.27. The van der Waals surface area contributed by atoms with Crippen LogP contribution >= 0.6 is 11.6 Å². The van der Waals surface area contributed by atoms with Crippen molar-refractivity contribution in [1.29, 1.82) is 0 Å². The average Bonchev–Trinajstić information content (AvgIpc) is 2.05. The molecule has 3 nitrogen and oxygen atoms in total. The van der Waals surface area contributed by atoms with Crippen molar-refractivity contribution in [3.8, 4) is 0 Å². The first-order valence-corrected chi connectivity index (χ1v) is 4.12. The lowest BCUT2D eigenvalue weighted by Crippen LogP contribution is -2.11. The number of pyridine rings is 1. The van der Waals surface area contributed by atoms with E-state index in [1.165, 1.54) is 0 Å². The van der Waals surface area contributed by atoms with E-state index in [2.05, 4.69) is 4.98 Å². The Balaban J connectivity index is 3.17. The van der Waals surface area contributed by atoms with Gasteiger partial charge in [-0.3, -0.25) is 9.78 Å². The molecule has 7 heteroatoms. The van der Waals surface area contributed by atoms with Crippen LogP contribution < -0.4 is 0 Å². The highest BCUT2D eigenvalue weighted by Gasteiger charge is 2.36. The van der Waals surface area contributed by atoms with E-state index in [9.17, 15) is 18.0 Å². The molecule has 0 unspecified atom stereocenters. The molecule has 1 aromatic heterocycles. The number of aliphatic carboxylic acids is 1. The fourth-order valence-electron chi connectivity index (χ4n) is 0.981. The molecule has 0 bridgehead atoms. The van der Waals surface area contributed by atoms with Crippen LogP contribution in [0.4, 0.5) is 13.2 Å². The number of rotatable bonds is 2. The Morgan fingerprint density at radius 3 is 2.60 bits per heavy atom. The molecule has 1 aromatic rings. The smallest absolute Gasteiger partial charge is 0.434 e. The molecule has 1 heterocycles. The Kier molecular flexibility index (Phi) is 3.18. The van der Waals surface area contributed by atoms with E-state index < -0.39 is 29.3 Å². The van der Waals surface area contributed by atoms with Crippen LogP contribution in [0.3, 0.4) is 0 Å². The summed E-state index contributed by atoms with van der Waals surface area (Å²) in [6.45, 7) is 0. The summed E-state index contributed by atoms with van der Waals surface area (Å²) in [7, 11) is 0. The zero-order chi connectivity index (χ0) is 11.6. The number of halogens is 4. The van der Waals surface area contributed by atoms with Crippen LogP contribution in [0.1, 0.15) is 11.3 Å². The Morgan fingerprint density at radius 2 is 2.13 bits per heavy atom. The van der Waals surface area contributed by atoms with Crippen molar-refractivity contribution in [2.24, 2.45) is 0 Å². The van der Waals surface area contributed by atoms with Gasteiger partial charge in [0.15, 0.2) is 5.69 Å². The molecule has 82 valence electrons. The first-order valence-electron chi connectivity index (χ1n) is 3.74. The molecule has 0 atom stereocenters. The Bertz CT molecular complexity index is 392. The highest BCUT2D eigenvalue weighted by atomic mass is 35.5. The van der Waals surface area contributed by atoms with Gasteiger partial charge >= 0.3 is 12.1 Å². The molecule has 0 spiro atoms. The largest absolute Gasteiger partial charge is 0.481 e. The van der Waals surface area contributed by atoms with Gasteiger partial charge in [0.05, 0.1) is 11.4 Å². The number of alkyl halides is 3. The summed E-state index contributed by atoms with van der Waals surface area (Å²) in [6.07, 6.45) is -4.36. The van der Waals surface area contributed by atoms with Gasteiger partial charge in [0.2, 0.25) is 0 Å². The van der Waals surface area contributed by atoms with Crippen molar-refractivity contribution < 1.29 is 23.1 Å². The molecule has 0 fully saturated rings. The van der Waals surface area contributed by atoms with Gasteiger partial charge in [0, 0.05) is 6.20 Å². The van der Waals surface area contributed by atoms with Crippen LogP contribution in [-0.4, -0.2) is 16.1 Å². The standard InChI is InChI=1S/C8H5ClF3NO2/c9-6-4(3-5(14)15)1-2-13-7(6)8(10,11)12/h1-2H,3H2,(H,14,15). The van der Waals surface area contributed by atoms with Gasteiger partial charge in [0.25, 0.3) is 0 Å². The molecule has 0 saturated heterocycles. The van der Waals surface area contributed by atoms with Gasteiger partial charge in [-0.2, -0.15) is 13.2 Å². The summed E-state index contributed by atoms with van der Waals surface area (Å²) in [5, 5.41) is 7.76. The zero-order valence-corrected chi connectivity index (χ0v) is 7.93. The first kappa shape index (κ1) is 11.8. The fraction of sp³-hybridized carbons (Fsp3) is 0.250. The minimum Gasteiger partial charge on any atom is -0.481 e. The molecule has 0 saturated carbocycles. The average molecular weight is 240 g/mol. The van der Waals surface area contributed by atoms with Crippen molar-refractivity contribution in [2.75, 3.05) is 0 Å². The third kappa shape index (κ3) is 2.82. The summed E-state index contributed by atoms with van der Waals surface area (Å²) < 4.78 is 36.8. The van der Waals surface area contributed by atoms with Crippen LogP contribution in [-0.2, 0) is 17.4 Å². The Labute approximate surface area is 87.5 Å². The van der Waals surface area contributed by atoms with Crippen LogP contribution in [0.2, 0.25) is 5.02 Å². The van der Waals surface area contributed by atoms with Gasteiger partial charge in [0.1, 0.15) is 0 Å². The maximum atomic E-state index is 12.3. The second-order valence-electron chi connectivity index (χ2n) is 2.70. The van der Waals surface area contributed by atoms with E-state index >= 15 is 0 Å². The number of carbonyl (C=O) groups is 1. The van der Waals surface area contributed by atoms with E-state index in [-0.39, 0.29) is 5.56 Å². The van der Waals surface area contributed by atoms with Crippen molar-refractivity contribution in [3.63, 3.8) is 0 Å². The van der Waals surface area contributed by atoms with E-state index in [4.69, 9.17) is 16.7 Å². The predicted octanol–water partition coefficient (Wildman–Crippen LogP) is 2.38. The third-order valence-electron chi connectivity index (χ3n) is 1.58. The van der Waals surface area contributed by atoms with Crippen molar-refractivity contribution in [3.05, 3.63) is 28.5 Å². The lowest BCUT2D eigenvalue weighted by atomic mass is 10.1. The zero-order valence-electron chi connectivity index (χ0n) is 7.18. The second-order valence-corrected chi connectivity index (χ2v) is 3.08. The minimum absolute atomic E-state index is 0.105. The number of hydrogen-bond donors (Lipinski definition) is 1. The number of aromatic nitrogens is 1. The Hall–Kier alpha value is -1.30. The SMILES string of the molecule is O=C(O)Cc1ccnc(C(F)(F)F)c1Cl. The monoisotopic (exact) mass is 239 g/mol. The molecule has 0 amide bonds. The lowest BCUT2D eigenvalue weighted by molar-refractivity contribution is -0.141. The van der Waals surface area contributed by atoms with Gasteiger partial charge in [-0.25, -0.2) is 0 Å². The molecule has 0 aliphatic carbocycles. The highest BCUT2D eigenvalue weighted by Crippen LogP contribution is 2.34. The van der Waals surface area contributed by atoms with E-state index in [1.54, 1.807) is 0 Å². The predicted molar refractivity (Wildman–Crippen MR) is 45.6 cm³/mol. The molecule has 0 aliphatic rings. The van der Waals surface area contributed by atoms with Crippen molar-refractivity contribution in [1.82, 2.24) is 4.98 Å². The van der Waals surface area contributed by atoms with Crippen LogP contribution in [0.5, 0.6) is 0 Å². The second kappa shape index (κ2) is 4.06. The van der Waals surface area contributed by atoms with Crippen molar-refractivity contribution >= 4 is 17.6 Å². The summed E-state index contributed by atoms with van der Waals surface area (Å²) in [5.74, 6) is -1.25. The maximum Gasteiger partial charge on any atom is 0.434 e. The van der Waals surface area contributed by atoms with E-state index in [1.807, 2.05) is 0 Å². The van der Waals surface area contributed by atoms with Crippen molar-refractivity contribution in [2.45, 2.75) is 12.6 Å². The number of carboxylic acids is 1. The third-order valence-corrected chi connectivity index (χ3v) is 2.00. The van der Waals surface area contributed by atoms with Crippen LogP contribution in [0.25, 0.3) is 0 Å². The molecule has 0 aromatic carbocycles. The molecular formula is C8H5ClF3NO2. The molecule has 0 aliphatic heterocycles. The van der Waals surface area contributed by atoms with E-state index in [0.717, 1.165) is 12.3 Å². The van der Waals surface area contributed by atoms with E-state index in [0.29, 0.717) is 0 Å². The first-order chi connectivity index (χ1) is 6.82. The molecular weight excluding hydrogens is 235 g/mol. The maximum absolute atomic E-state index is 12.3. The molecule has 0 radical (unpaired) electrons. The summed E-state index contributed by atoms with van der Waals surface area (Å²) >= 11 is 5.39. The van der Waals surface area contributed by atoms with Gasteiger partial charge < -0.3 is 5.11 Å². The topological polar surface area (TPSA) is 50.2 Å². The number of carboxylic acid groups (broad SMARTS) is 1. The summed E-state index contributed by atoms with van der Waals surface area (Å²) in [6, 6.07) is 1.14. The Morgan fingerprint density at radius 1 is 1.53 bits per heavy atom. The normalized spacial score (nSPS) is 11.5.